The highest BCUT2D eigenvalue weighted by atomic mass is 35.5. The normalized spacial score (nSPS) is 12.2. The minimum absolute atomic E-state index is 0.229. The number of aryl methyl sites for hydroxylation is 1. The average Bonchev–Trinajstić information content (AvgIpc) is 2.92. The molecule has 2 N–H and O–H groups in total. The van der Waals surface area contributed by atoms with E-state index >= 15 is 0 Å². The molecule has 2 aromatic rings. The molecule has 0 radical (unpaired) electrons. The van der Waals surface area contributed by atoms with Crippen LogP contribution in [0.3, 0.4) is 0 Å². The summed E-state index contributed by atoms with van der Waals surface area (Å²) in [5, 5.41) is 10.7. The number of thioether (sulfide) groups is 1. The van der Waals surface area contributed by atoms with E-state index in [1.165, 1.54) is 23.9 Å². The Morgan fingerprint density at radius 3 is 2.64 bits per heavy atom. The molecule has 118 valence electrons. The van der Waals surface area contributed by atoms with E-state index in [9.17, 15) is 4.79 Å². The smallest absolute Gasteiger partial charge is 0.237 e. The number of halogens is 3. The van der Waals surface area contributed by atoms with Crippen LogP contribution in [0.2, 0.25) is 15.1 Å². The molecular weight excluding hydrogens is 367 g/mol. The summed E-state index contributed by atoms with van der Waals surface area (Å²) in [5.41, 5.74) is 0.415. The van der Waals surface area contributed by atoms with Crippen LogP contribution in [-0.4, -0.2) is 26.3 Å². The molecule has 0 fully saturated rings. The maximum Gasteiger partial charge on any atom is 0.237 e. The molecule has 1 unspecified atom stereocenters. The molecule has 0 aliphatic carbocycles. The molecule has 0 bridgehead atoms. The van der Waals surface area contributed by atoms with Crippen LogP contribution in [0.1, 0.15) is 19.7 Å². The van der Waals surface area contributed by atoms with Crippen LogP contribution in [0.4, 0.5) is 5.69 Å². The van der Waals surface area contributed by atoms with Crippen LogP contribution in [0.15, 0.2) is 17.3 Å². The van der Waals surface area contributed by atoms with Crippen molar-refractivity contribution in [2.45, 2.75) is 30.7 Å². The van der Waals surface area contributed by atoms with Crippen LogP contribution in [0.5, 0.6) is 0 Å². The third-order valence-corrected chi connectivity index (χ3v) is 4.76. The van der Waals surface area contributed by atoms with Gasteiger partial charge in [-0.1, -0.05) is 53.5 Å². The Labute approximate surface area is 147 Å². The molecule has 1 amide bonds. The Morgan fingerprint density at radius 1 is 1.32 bits per heavy atom. The number of hydrogen-bond donors (Lipinski definition) is 2. The van der Waals surface area contributed by atoms with Gasteiger partial charge in [0, 0.05) is 6.42 Å². The fourth-order valence-electron chi connectivity index (χ4n) is 1.55. The molecule has 5 nitrogen and oxygen atoms in total. The lowest BCUT2D eigenvalue weighted by molar-refractivity contribution is -0.115. The van der Waals surface area contributed by atoms with E-state index in [0.29, 0.717) is 25.9 Å². The second-order valence-electron chi connectivity index (χ2n) is 4.41. The lowest BCUT2D eigenvalue weighted by atomic mass is 10.3. The third-order valence-electron chi connectivity index (χ3n) is 2.77. The van der Waals surface area contributed by atoms with Crippen molar-refractivity contribution in [1.82, 2.24) is 15.2 Å². The van der Waals surface area contributed by atoms with Crippen molar-refractivity contribution in [3.63, 3.8) is 0 Å². The molecule has 0 spiro atoms. The summed E-state index contributed by atoms with van der Waals surface area (Å²) in [5.74, 6) is 0.552. The highest BCUT2D eigenvalue weighted by Crippen LogP contribution is 2.32. The maximum absolute atomic E-state index is 12.2. The third kappa shape index (κ3) is 4.29. The number of aromatic amines is 1. The number of anilines is 1. The summed E-state index contributed by atoms with van der Waals surface area (Å²) in [6.07, 6.45) is 0.757. The Kier molecular flexibility index (Phi) is 5.97. The Hall–Kier alpha value is -0.950. The number of amides is 1. The number of rotatable bonds is 5. The van der Waals surface area contributed by atoms with Crippen LogP contribution in [0, 0.1) is 0 Å². The average molecular weight is 380 g/mol. The topological polar surface area (TPSA) is 70.7 Å². The number of aromatic nitrogens is 3. The molecule has 1 aromatic heterocycles. The van der Waals surface area contributed by atoms with Gasteiger partial charge in [0.1, 0.15) is 5.82 Å². The van der Waals surface area contributed by atoms with Crippen molar-refractivity contribution < 1.29 is 4.79 Å². The zero-order chi connectivity index (χ0) is 16.3. The van der Waals surface area contributed by atoms with Gasteiger partial charge in [0.15, 0.2) is 0 Å². The number of H-pyrrole nitrogens is 1. The second-order valence-corrected chi connectivity index (χ2v) is 6.94. The van der Waals surface area contributed by atoms with Crippen molar-refractivity contribution in [3.8, 4) is 0 Å². The number of carbonyl (C=O) groups is 1. The quantitative estimate of drug-likeness (QED) is 0.595. The van der Waals surface area contributed by atoms with Crippen LogP contribution < -0.4 is 5.32 Å². The SMILES string of the molecule is CCc1nc(SC(C)C(=O)Nc2cc(Cl)c(Cl)cc2Cl)n[nH]1. The summed E-state index contributed by atoms with van der Waals surface area (Å²) in [6, 6.07) is 3.01. The summed E-state index contributed by atoms with van der Waals surface area (Å²) in [7, 11) is 0. The minimum atomic E-state index is -0.397. The van der Waals surface area contributed by atoms with Gasteiger partial charge in [-0.25, -0.2) is 4.98 Å². The summed E-state index contributed by atoms with van der Waals surface area (Å²) in [4.78, 5) is 16.5. The zero-order valence-corrected chi connectivity index (χ0v) is 14.9. The molecule has 0 saturated heterocycles. The van der Waals surface area contributed by atoms with Gasteiger partial charge < -0.3 is 5.32 Å². The van der Waals surface area contributed by atoms with Gasteiger partial charge >= 0.3 is 0 Å². The first kappa shape index (κ1) is 17.4. The fraction of sp³-hybridized carbons (Fsp3) is 0.308. The highest BCUT2D eigenvalue weighted by molar-refractivity contribution is 8.00. The predicted molar refractivity (Wildman–Crippen MR) is 91.2 cm³/mol. The first-order valence-corrected chi connectivity index (χ1v) is 8.45. The zero-order valence-electron chi connectivity index (χ0n) is 11.8. The minimum Gasteiger partial charge on any atom is -0.324 e. The number of nitrogens with zero attached hydrogens (tertiary/aromatic N) is 2. The maximum atomic E-state index is 12.2. The molecule has 9 heteroatoms. The fourth-order valence-corrected chi connectivity index (χ4v) is 2.89. The standard InChI is InChI=1S/C13H13Cl3N4OS/c1-3-11-18-13(20-19-11)22-6(2)12(21)17-10-5-8(15)7(14)4-9(10)16/h4-6H,3H2,1-2H3,(H,17,21)(H,18,19,20). The molecule has 0 saturated carbocycles. The molecule has 1 atom stereocenters. The van der Waals surface area contributed by atoms with Crippen LogP contribution in [0.25, 0.3) is 0 Å². The van der Waals surface area contributed by atoms with Crippen molar-refractivity contribution >= 4 is 58.2 Å². The van der Waals surface area contributed by atoms with E-state index in [1.807, 2.05) is 6.92 Å². The molecule has 0 aliphatic heterocycles. The molecule has 2 rings (SSSR count). The Morgan fingerprint density at radius 2 is 2.00 bits per heavy atom. The first-order valence-electron chi connectivity index (χ1n) is 6.44. The lowest BCUT2D eigenvalue weighted by Crippen LogP contribution is -2.22. The molecule has 22 heavy (non-hydrogen) atoms. The van der Waals surface area contributed by atoms with Crippen molar-refractivity contribution in [3.05, 3.63) is 33.0 Å². The molecule has 0 aliphatic rings. The lowest BCUT2D eigenvalue weighted by Gasteiger charge is -2.12. The molecular formula is C13H13Cl3N4OS. The van der Waals surface area contributed by atoms with Gasteiger partial charge in [-0.2, -0.15) is 0 Å². The van der Waals surface area contributed by atoms with Crippen molar-refractivity contribution in [2.75, 3.05) is 5.32 Å². The largest absolute Gasteiger partial charge is 0.324 e. The number of carbonyl (C=O) groups excluding carboxylic acids is 1. The van der Waals surface area contributed by atoms with E-state index in [0.717, 1.165) is 12.2 Å². The van der Waals surface area contributed by atoms with Gasteiger partial charge in [-0.05, 0) is 19.1 Å². The summed E-state index contributed by atoms with van der Waals surface area (Å²) < 4.78 is 0. The van der Waals surface area contributed by atoms with E-state index in [-0.39, 0.29) is 5.91 Å². The van der Waals surface area contributed by atoms with Gasteiger partial charge in [0.2, 0.25) is 11.1 Å². The van der Waals surface area contributed by atoms with E-state index in [4.69, 9.17) is 34.8 Å². The van der Waals surface area contributed by atoms with Crippen molar-refractivity contribution in [1.29, 1.82) is 0 Å². The number of benzene rings is 1. The van der Waals surface area contributed by atoms with Crippen molar-refractivity contribution in [2.24, 2.45) is 0 Å². The van der Waals surface area contributed by atoms with E-state index < -0.39 is 5.25 Å². The number of nitrogens with one attached hydrogen (secondary N) is 2. The number of hydrogen-bond acceptors (Lipinski definition) is 4. The summed E-state index contributed by atoms with van der Waals surface area (Å²) >= 11 is 19.1. The predicted octanol–water partition coefficient (Wildman–Crippen LogP) is 4.45. The van der Waals surface area contributed by atoms with E-state index in [2.05, 4.69) is 20.5 Å². The van der Waals surface area contributed by atoms with Crippen LogP contribution >= 0.6 is 46.6 Å². The van der Waals surface area contributed by atoms with Gasteiger partial charge in [0.25, 0.3) is 0 Å². The van der Waals surface area contributed by atoms with Gasteiger partial charge in [-0.15, -0.1) is 5.10 Å². The second kappa shape index (κ2) is 7.55. The van der Waals surface area contributed by atoms with Gasteiger partial charge in [0.05, 0.1) is 26.0 Å². The molecule has 1 aromatic carbocycles. The molecule has 1 heterocycles. The Bertz CT molecular complexity index is 692. The Balaban J connectivity index is 2.03. The highest BCUT2D eigenvalue weighted by Gasteiger charge is 2.18. The van der Waals surface area contributed by atoms with E-state index in [1.54, 1.807) is 6.92 Å². The monoisotopic (exact) mass is 378 g/mol. The summed E-state index contributed by atoms with van der Waals surface area (Å²) in [6.45, 7) is 3.73. The first-order chi connectivity index (χ1) is 10.4. The van der Waals surface area contributed by atoms with Crippen LogP contribution in [-0.2, 0) is 11.2 Å². The van der Waals surface area contributed by atoms with Gasteiger partial charge in [-0.3, -0.25) is 9.89 Å².